The van der Waals surface area contributed by atoms with Gasteiger partial charge in [0, 0.05) is 31.3 Å². The quantitative estimate of drug-likeness (QED) is 0.637. The largest absolute Gasteiger partial charge is 0.383 e. The van der Waals surface area contributed by atoms with E-state index < -0.39 is 0 Å². The maximum Gasteiger partial charge on any atom is 0.234 e. The van der Waals surface area contributed by atoms with E-state index >= 15 is 0 Å². The van der Waals surface area contributed by atoms with Crippen molar-refractivity contribution >= 4 is 17.6 Å². The highest BCUT2D eigenvalue weighted by molar-refractivity contribution is 5.95. The molecule has 2 amide bonds. The molecule has 0 spiro atoms. The number of anilines is 1. The number of methoxy groups -OCH3 is 1. The molecule has 1 N–H and O–H groups in total. The molecule has 170 valence electrons. The molecule has 0 radical (unpaired) electrons. The minimum absolute atomic E-state index is 0.0236. The third-order valence-corrected chi connectivity index (χ3v) is 6.18. The van der Waals surface area contributed by atoms with Crippen LogP contribution in [-0.2, 0) is 27.3 Å². The average Bonchev–Trinajstić information content (AvgIpc) is 3.24. The number of hydrogen-bond acceptors (Lipinski definition) is 6. The number of carbonyl (C=O) groups excluding carboxylic acids is 2. The Morgan fingerprint density at radius 2 is 2.03 bits per heavy atom. The molecular formula is C24H31N5O3. The topological polar surface area (TPSA) is 87.7 Å². The van der Waals surface area contributed by atoms with Crippen LogP contribution in [0.2, 0.25) is 0 Å². The number of rotatable bonds is 8. The number of benzene rings is 1. The Hall–Kier alpha value is -2.84. The maximum atomic E-state index is 12.8. The third-order valence-electron chi connectivity index (χ3n) is 6.18. The van der Waals surface area contributed by atoms with Gasteiger partial charge in [-0.2, -0.15) is 0 Å². The maximum absolute atomic E-state index is 12.8. The number of aromatic nitrogens is 2. The number of nitrogens with zero attached hydrogens (tertiary/aromatic N) is 4. The van der Waals surface area contributed by atoms with Gasteiger partial charge in [0.15, 0.2) is 0 Å². The molecule has 8 nitrogen and oxygen atoms in total. The minimum atomic E-state index is -0.0252. The Balaban J connectivity index is 1.57. The first-order chi connectivity index (χ1) is 15.6. The van der Waals surface area contributed by atoms with Crippen LogP contribution in [0, 0.1) is 6.92 Å². The molecule has 2 aliphatic heterocycles. The van der Waals surface area contributed by atoms with Crippen LogP contribution in [0.25, 0.3) is 0 Å². The average molecular weight is 438 g/mol. The fourth-order valence-corrected chi connectivity index (χ4v) is 4.52. The number of hydrogen-bond donors (Lipinski definition) is 1. The van der Waals surface area contributed by atoms with Crippen molar-refractivity contribution in [1.29, 1.82) is 0 Å². The van der Waals surface area contributed by atoms with Gasteiger partial charge < -0.3 is 10.1 Å². The van der Waals surface area contributed by atoms with Gasteiger partial charge in [-0.05, 0) is 38.3 Å². The van der Waals surface area contributed by atoms with Crippen LogP contribution in [0.1, 0.15) is 47.9 Å². The van der Waals surface area contributed by atoms with Crippen molar-refractivity contribution in [1.82, 2.24) is 20.2 Å². The smallest absolute Gasteiger partial charge is 0.234 e. The van der Waals surface area contributed by atoms with Gasteiger partial charge >= 0.3 is 0 Å². The summed E-state index contributed by atoms with van der Waals surface area (Å²) in [6.45, 7) is 4.62. The summed E-state index contributed by atoms with van der Waals surface area (Å²) < 4.78 is 5.00. The normalized spacial score (nSPS) is 18.6. The molecule has 2 aromatic rings. The van der Waals surface area contributed by atoms with Gasteiger partial charge in [-0.3, -0.25) is 19.4 Å². The summed E-state index contributed by atoms with van der Waals surface area (Å²) in [5.41, 5.74) is 3.04. The number of carbonyl (C=O) groups is 2. The van der Waals surface area contributed by atoms with E-state index in [1.165, 1.54) is 0 Å². The highest BCUT2D eigenvalue weighted by atomic mass is 16.5. The number of fused-ring (bicyclic) bond motifs is 1. The predicted molar refractivity (Wildman–Crippen MR) is 121 cm³/mol. The molecule has 0 aliphatic carbocycles. The van der Waals surface area contributed by atoms with E-state index in [1.54, 1.807) is 12.0 Å². The Kier molecular flexibility index (Phi) is 7.12. The monoisotopic (exact) mass is 437 g/mol. The number of likely N-dealkylation sites (tertiary alicyclic amines) is 1. The van der Waals surface area contributed by atoms with Crippen LogP contribution in [0.3, 0.4) is 0 Å². The van der Waals surface area contributed by atoms with Crippen LogP contribution in [0.4, 0.5) is 5.82 Å². The number of aryl methyl sites for hydroxylation is 1. The van der Waals surface area contributed by atoms with Crippen molar-refractivity contribution in [3.05, 3.63) is 53.0 Å². The summed E-state index contributed by atoms with van der Waals surface area (Å²) in [7, 11) is 1.62. The van der Waals surface area contributed by atoms with Crippen molar-refractivity contribution in [3.8, 4) is 0 Å². The molecule has 4 rings (SSSR count). The highest BCUT2D eigenvalue weighted by Crippen LogP contribution is 2.34. The molecular weight excluding hydrogens is 406 g/mol. The molecule has 1 aromatic heterocycles. The van der Waals surface area contributed by atoms with E-state index in [9.17, 15) is 9.59 Å². The first-order valence-corrected chi connectivity index (χ1v) is 11.3. The second-order valence-corrected chi connectivity index (χ2v) is 8.41. The van der Waals surface area contributed by atoms with Crippen molar-refractivity contribution in [3.63, 3.8) is 0 Å². The zero-order valence-corrected chi connectivity index (χ0v) is 18.8. The Labute approximate surface area is 189 Å². The lowest BCUT2D eigenvalue weighted by molar-refractivity contribution is -0.122. The van der Waals surface area contributed by atoms with Crippen molar-refractivity contribution in [2.45, 2.75) is 45.2 Å². The van der Waals surface area contributed by atoms with Crippen LogP contribution >= 0.6 is 0 Å². The molecule has 0 bridgehead atoms. The molecule has 1 aromatic carbocycles. The summed E-state index contributed by atoms with van der Waals surface area (Å²) in [5.74, 6) is 1.50. The summed E-state index contributed by atoms with van der Waals surface area (Å²) in [4.78, 5) is 38.9. The van der Waals surface area contributed by atoms with Gasteiger partial charge in [-0.1, -0.05) is 30.3 Å². The van der Waals surface area contributed by atoms with E-state index in [-0.39, 0.29) is 17.9 Å². The first-order valence-electron chi connectivity index (χ1n) is 11.3. The van der Waals surface area contributed by atoms with Crippen molar-refractivity contribution in [2.24, 2.45) is 0 Å². The van der Waals surface area contributed by atoms with Gasteiger partial charge in [0.2, 0.25) is 11.8 Å². The van der Waals surface area contributed by atoms with E-state index in [1.807, 2.05) is 37.3 Å². The fourth-order valence-electron chi connectivity index (χ4n) is 4.52. The molecule has 3 heterocycles. The first kappa shape index (κ1) is 22.4. The van der Waals surface area contributed by atoms with E-state index in [2.05, 4.69) is 10.2 Å². The molecule has 8 heteroatoms. The molecule has 1 fully saturated rings. The van der Waals surface area contributed by atoms with Gasteiger partial charge in [0.25, 0.3) is 0 Å². The lowest BCUT2D eigenvalue weighted by Crippen LogP contribution is -2.39. The molecule has 0 unspecified atom stereocenters. The SMILES string of the molecule is COCCNC(=O)CN1CCC[C@@H]1c1nc(C)c2c(n1)N(Cc1ccccc1)C(=O)CC2. The Morgan fingerprint density at radius 1 is 1.22 bits per heavy atom. The van der Waals surface area contributed by atoms with Crippen LogP contribution < -0.4 is 10.2 Å². The number of nitrogens with one attached hydrogen (secondary N) is 1. The molecule has 1 saturated heterocycles. The lowest BCUT2D eigenvalue weighted by Gasteiger charge is -2.31. The number of amides is 2. The predicted octanol–water partition coefficient (Wildman–Crippen LogP) is 2.16. The van der Waals surface area contributed by atoms with Gasteiger partial charge in [-0.15, -0.1) is 0 Å². The number of ether oxygens (including phenoxy) is 1. The highest BCUT2D eigenvalue weighted by Gasteiger charge is 2.33. The second kappa shape index (κ2) is 10.2. The van der Waals surface area contributed by atoms with Gasteiger partial charge in [0.1, 0.15) is 11.6 Å². The third kappa shape index (κ3) is 4.97. The zero-order valence-electron chi connectivity index (χ0n) is 18.8. The van der Waals surface area contributed by atoms with Gasteiger partial charge in [0.05, 0.1) is 25.7 Å². The molecule has 0 saturated carbocycles. The fraction of sp³-hybridized carbons (Fsp3) is 0.500. The van der Waals surface area contributed by atoms with Crippen LogP contribution in [0.15, 0.2) is 30.3 Å². The molecule has 1 atom stereocenters. The van der Waals surface area contributed by atoms with Crippen molar-refractivity contribution < 1.29 is 14.3 Å². The van der Waals surface area contributed by atoms with Crippen LogP contribution in [0.5, 0.6) is 0 Å². The summed E-state index contributed by atoms with van der Waals surface area (Å²) >= 11 is 0. The summed E-state index contributed by atoms with van der Waals surface area (Å²) in [5, 5.41) is 2.88. The van der Waals surface area contributed by atoms with E-state index in [4.69, 9.17) is 14.7 Å². The van der Waals surface area contributed by atoms with Crippen LogP contribution in [-0.4, -0.2) is 60.0 Å². The Morgan fingerprint density at radius 3 is 2.81 bits per heavy atom. The lowest BCUT2D eigenvalue weighted by atomic mass is 10.0. The van der Waals surface area contributed by atoms with Crippen molar-refractivity contribution in [2.75, 3.05) is 38.3 Å². The standard InChI is InChI=1S/C24H31N5O3/c1-17-19-10-11-22(31)29(15-18-7-4-3-5-8-18)24(19)27-23(26-17)20-9-6-13-28(20)16-21(30)25-12-14-32-2/h3-5,7-8,20H,6,9-16H2,1-2H3,(H,25,30)/t20-/m1/s1. The summed E-state index contributed by atoms with van der Waals surface area (Å²) in [6, 6.07) is 9.96. The zero-order chi connectivity index (χ0) is 22.5. The molecule has 2 aliphatic rings. The van der Waals surface area contributed by atoms with E-state index in [0.29, 0.717) is 44.9 Å². The summed E-state index contributed by atoms with van der Waals surface area (Å²) in [6.07, 6.45) is 3.03. The second-order valence-electron chi connectivity index (χ2n) is 8.41. The minimum Gasteiger partial charge on any atom is -0.383 e. The van der Waals surface area contributed by atoms with Gasteiger partial charge in [-0.25, -0.2) is 9.97 Å². The van der Waals surface area contributed by atoms with E-state index in [0.717, 1.165) is 42.0 Å². The molecule has 32 heavy (non-hydrogen) atoms. The Bertz CT molecular complexity index is 966.